The van der Waals surface area contributed by atoms with Crippen molar-refractivity contribution < 1.29 is 0 Å². The minimum Gasteiger partial charge on any atom is -0.315 e. The van der Waals surface area contributed by atoms with Crippen molar-refractivity contribution in [2.24, 2.45) is 0 Å². The van der Waals surface area contributed by atoms with E-state index in [1.165, 1.54) is 23.5 Å². The van der Waals surface area contributed by atoms with Crippen molar-refractivity contribution in [3.8, 4) is 0 Å². The molecule has 1 heterocycles. The Morgan fingerprint density at radius 3 is 2.53 bits per heavy atom. The summed E-state index contributed by atoms with van der Waals surface area (Å²) in [4.78, 5) is 23.7. The van der Waals surface area contributed by atoms with Crippen LogP contribution in [0.3, 0.4) is 0 Å². The molecule has 0 atom stereocenters. The van der Waals surface area contributed by atoms with E-state index in [2.05, 4.69) is 12.2 Å². The molecular weight excluding hydrogens is 242 g/mol. The van der Waals surface area contributed by atoms with Gasteiger partial charge >= 0.3 is 5.69 Å². The lowest BCUT2D eigenvalue weighted by Crippen LogP contribution is -2.41. The molecule has 0 unspecified atom stereocenters. The summed E-state index contributed by atoms with van der Waals surface area (Å²) in [6.07, 6.45) is 6.01. The first-order valence-corrected chi connectivity index (χ1v) is 7.21. The zero-order valence-electron chi connectivity index (χ0n) is 12.0. The molecule has 19 heavy (non-hydrogen) atoms. The summed E-state index contributed by atoms with van der Waals surface area (Å²) in [5.41, 5.74) is -0.419. The average Bonchev–Trinajstić information content (AvgIpc) is 2.40. The van der Waals surface area contributed by atoms with Crippen LogP contribution in [0.5, 0.6) is 0 Å². The van der Waals surface area contributed by atoms with E-state index in [4.69, 9.17) is 0 Å². The van der Waals surface area contributed by atoms with Gasteiger partial charge in [-0.3, -0.25) is 9.36 Å². The quantitative estimate of drug-likeness (QED) is 0.684. The topological polar surface area (TPSA) is 56.0 Å². The van der Waals surface area contributed by atoms with Crippen molar-refractivity contribution >= 4 is 0 Å². The van der Waals surface area contributed by atoms with Gasteiger partial charge in [-0.15, -0.1) is 0 Å². The Bertz CT molecular complexity index is 476. The molecule has 0 aromatic carbocycles. The van der Waals surface area contributed by atoms with E-state index in [0.717, 1.165) is 19.4 Å². The fraction of sp³-hybridized carbons (Fsp3) is 0.714. The molecule has 1 rings (SSSR count). The second kappa shape index (κ2) is 8.69. The van der Waals surface area contributed by atoms with Crippen LogP contribution < -0.4 is 16.6 Å². The average molecular weight is 267 g/mol. The second-order valence-electron chi connectivity index (χ2n) is 4.74. The highest BCUT2D eigenvalue weighted by atomic mass is 16.2. The molecule has 1 aromatic rings. The Labute approximate surface area is 114 Å². The highest BCUT2D eigenvalue weighted by molar-refractivity contribution is 4.86. The number of hydrogen-bond donors (Lipinski definition) is 1. The molecular formula is C14H25N3O2. The van der Waals surface area contributed by atoms with E-state index < -0.39 is 0 Å². The maximum Gasteiger partial charge on any atom is 0.331 e. The summed E-state index contributed by atoms with van der Waals surface area (Å²) >= 11 is 0. The van der Waals surface area contributed by atoms with E-state index in [0.29, 0.717) is 19.6 Å². The van der Waals surface area contributed by atoms with Crippen LogP contribution in [0, 0.1) is 0 Å². The molecule has 0 spiro atoms. The fourth-order valence-electron chi connectivity index (χ4n) is 1.99. The first-order valence-electron chi connectivity index (χ1n) is 7.21. The third-order valence-corrected chi connectivity index (χ3v) is 3.07. The molecule has 0 bridgehead atoms. The lowest BCUT2D eigenvalue weighted by Gasteiger charge is -2.09. The number of rotatable bonds is 9. The maximum atomic E-state index is 12.0. The molecule has 1 aromatic heterocycles. The van der Waals surface area contributed by atoms with Gasteiger partial charge in [-0.25, -0.2) is 4.79 Å². The SMILES string of the molecule is CCCCCNCCn1c(=O)ccn(CCC)c1=O. The standard InChI is InChI=1S/C14H25N3O2/c1-3-5-6-8-15-9-12-17-13(18)7-11-16(10-4-2)14(17)19/h7,11,15H,3-6,8-10,12H2,1-2H3. The van der Waals surface area contributed by atoms with Crippen molar-refractivity contribution in [1.29, 1.82) is 0 Å². The maximum absolute atomic E-state index is 12.0. The molecule has 0 aliphatic carbocycles. The van der Waals surface area contributed by atoms with Gasteiger partial charge in [-0.05, 0) is 19.4 Å². The second-order valence-corrected chi connectivity index (χ2v) is 4.74. The highest BCUT2D eigenvalue weighted by Crippen LogP contribution is 1.90. The van der Waals surface area contributed by atoms with Crippen molar-refractivity contribution in [3.05, 3.63) is 33.1 Å². The lowest BCUT2D eigenvalue weighted by atomic mass is 10.2. The van der Waals surface area contributed by atoms with Crippen molar-refractivity contribution in [2.45, 2.75) is 52.6 Å². The third kappa shape index (κ3) is 5.03. The predicted octanol–water partition coefficient (Wildman–Crippen LogP) is 1.20. The summed E-state index contributed by atoms with van der Waals surface area (Å²) in [5.74, 6) is 0. The molecule has 0 radical (unpaired) electrons. The summed E-state index contributed by atoms with van der Waals surface area (Å²) in [6, 6.07) is 1.47. The minimum absolute atomic E-state index is 0.204. The number of unbranched alkanes of at least 4 members (excludes halogenated alkanes) is 2. The Hall–Kier alpha value is -1.36. The predicted molar refractivity (Wildman–Crippen MR) is 77.6 cm³/mol. The van der Waals surface area contributed by atoms with Crippen LogP contribution in [0.15, 0.2) is 21.9 Å². The molecule has 0 saturated heterocycles. The summed E-state index contributed by atoms with van der Waals surface area (Å²) in [6.45, 7) is 6.88. The molecule has 0 saturated carbocycles. The first kappa shape index (κ1) is 15.7. The molecule has 1 N–H and O–H groups in total. The summed E-state index contributed by atoms with van der Waals surface area (Å²) in [5, 5.41) is 3.27. The van der Waals surface area contributed by atoms with E-state index >= 15 is 0 Å². The molecule has 5 heteroatoms. The largest absolute Gasteiger partial charge is 0.331 e. The van der Waals surface area contributed by atoms with Crippen LogP contribution in [0.1, 0.15) is 39.5 Å². The van der Waals surface area contributed by atoms with Gasteiger partial charge in [0.05, 0.1) is 0 Å². The lowest BCUT2D eigenvalue weighted by molar-refractivity contribution is 0.513. The Morgan fingerprint density at radius 1 is 1.05 bits per heavy atom. The Morgan fingerprint density at radius 2 is 1.84 bits per heavy atom. The van der Waals surface area contributed by atoms with E-state index in [1.54, 1.807) is 10.8 Å². The summed E-state index contributed by atoms with van der Waals surface area (Å²) < 4.78 is 2.90. The number of aromatic nitrogens is 2. The van der Waals surface area contributed by atoms with Gasteiger partial charge in [0, 0.05) is 31.9 Å². The van der Waals surface area contributed by atoms with Crippen molar-refractivity contribution in [1.82, 2.24) is 14.5 Å². The number of nitrogens with zero attached hydrogens (tertiary/aromatic N) is 2. The minimum atomic E-state index is -0.215. The molecule has 108 valence electrons. The molecule has 0 aliphatic rings. The van der Waals surface area contributed by atoms with E-state index in [1.807, 2.05) is 6.92 Å². The summed E-state index contributed by atoms with van der Waals surface area (Å²) in [7, 11) is 0. The van der Waals surface area contributed by atoms with Gasteiger partial charge in [-0.2, -0.15) is 0 Å². The van der Waals surface area contributed by atoms with Gasteiger partial charge < -0.3 is 9.88 Å². The van der Waals surface area contributed by atoms with E-state index in [9.17, 15) is 9.59 Å². The first-order chi connectivity index (χ1) is 9.20. The Kier molecular flexibility index (Phi) is 7.18. The van der Waals surface area contributed by atoms with Gasteiger partial charge in [-0.1, -0.05) is 26.7 Å². The van der Waals surface area contributed by atoms with Crippen LogP contribution in [0.4, 0.5) is 0 Å². The van der Waals surface area contributed by atoms with Gasteiger partial charge in [0.15, 0.2) is 0 Å². The van der Waals surface area contributed by atoms with Gasteiger partial charge in [0.25, 0.3) is 5.56 Å². The fourth-order valence-corrected chi connectivity index (χ4v) is 1.99. The molecule has 0 aliphatic heterocycles. The number of nitrogens with one attached hydrogen (secondary N) is 1. The van der Waals surface area contributed by atoms with Crippen LogP contribution >= 0.6 is 0 Å². The van der Waals surface area contributed by atoms with Crippen molar-refractivity contribution in [3.63, 3.8) is 0 Å². The van der Waals surface area contributed by atoms with Crippen LogP contribution in [-0.4, -0.2) is 22.2 Å². The molecule has 0 amide bonds. The normalized spacial score (nSPS) is 10.8. The zero-order valence-corrected chi connectivity index (χ0v) is 12.0. The Balaban J connectivity index is 2.55. The number of hydrogen-bond acceptors (Lipinski definition) is 3. The molecule has 0 fully saturated rings. The number of aryl methyl sites for hydroxylation is 1. The highest BCUT2D eigenvalue weighted by Gasteiger charge is 2.03. The van der Waals surface area contributed by atoms with Crippen LogP contribution in [0.25, 0.3) is 0 Å². The van der Waals surface area contributed by atoms with E-state index in [-0.39, 0.29) is 11.2 Å². The smallest absolute Gasteiger partial charge is 0.315 e. The van der Waals surface area contributed by atoms with Crippen molar-refractivity contribution in [2.75, 3.05) is 13.1 Å². The zero-order chi connectivity index (χ0) is 14.1. The van der Waals surface area contributed by atoms with Gasteiger partial charge in [0.2, 0.25) is 0 Å². The van der Waals surface area contributed by atoms with Crippen LogP contribution in [-0.2, 0) is 13.1 Å². The third-order valence-electron chi connectivity index (χ3n) is 3.07. The monoisotopic (exact) mass is 267 g/mol. The van der Waals surface area contributed by atoms with Gasteiger partial charge in [0.1, 0.15) is 0 Å². The molecule has 5 nitrogen and oxygen atoms in total. The van der Waals surface area contributed by atoms with Crippen LogP contribution in [0.2, 0.25) is 0 Å².